The third-order valence-corrected chi connectivity index (χ3v) is 3.95. The van der Waals surface area contributed by atoms with Crippen molar-refractivity contribution < 1.29 is 0 Å². The van der Waals surface area contributed by atoms with Crippen LogP contribution in [-0.2, 0) is 6.54 Å². The van der Waals surface area contributed by atoms with Gasteiger partial charge < -0.3 is 5.32 Å². The minimum Gasteiger partial charge on any atom is -0.311 e. The van der Waals surface area contributed by atoms with Gasteiger partial charge in [0.05, 0.1) is 10.7 Å². The van der Waals surface area contributed by atoms with Gasteiger partial charge in [-0.1, -0.05) is 19.3 Å². The van der Waals surface area contributed by atoms with Gasteiger partial charge in [-0.15, -0.1) is 11.3 Å². The minimum atomic E-state index is 0.915. The molecule has 1 saturated carbocycles. The van der Waals surface area contributed by atoms with E-state index < -0.39 is 0 Å². The summed E-state index contributed by atoms with van der Waals surface area (Å²) in [7, 11) is 0. The highest BCUT2D eigenvalue weighted by Gasteiger charge is 2.12. The number of thiazole rings is 1. The van der Waals surface area contributed by atoms with Gasteiger partial charge in [0.2, 0.25) is 0 Å². The number of nitrogens with one attached hydrogen (secondary N) is 1. The maximum atomic E-state index is 4.45. The maximum absolute atomic E-state index is 4.45. The third-order valence-electron chi connectivity index (χ3n) is 3.13. The quantitative estimate of drug-likeness (QED) is 0.850. The van der Waals surface area contributed by atoms with Crippen molar-refractivity contribution in [3.63, 3.8) is 0 Å². The summed E-state index contributed by atoms with van der Waals surface area (Å²) in [6.07, 6.45) is 7.15. The van der Waals surface area contributed by atoms with Gasteiger partial charge in [-0.05, 0) is 32.2 Å². The Morgan fingerprint density at radius 2 is 2.20 bits per heavy atom. The highest BCUT2D eigenvalue weighted by molar-refractivity contribution is 7.09. The van der Waals surface area contributed by atoms with Gasteiger partial charge in [-0.25, -0.2) is 4.98 Å². The molecule has 0 radical (unpaired) electrons. The lowest BCUT2D eigenvalue weighted by atomic mass is 9.89. The van der Waals surface area contributed by atoms with E-state index in [0.717, 1.165) is 12.5 Å². The van der Waals surface area contributed by atoms with E-state index in [0.29, 0.717) is 0 Å². The Balaban J connectivity index is 1.65. The molecule has 1 aromatic heterocycles. The molecule has 2 nitrogen and oxygen atoms in total. The summed E-state index contributed by atoms with van der Waals surface area (Å²) in [6.45, 7) is 4.19. The van der Waals surface area contributed by atoms with Crippen molar-refractivity contribution in [3.05, 3.63) is 16.1 Å². The smallest absolute Gasteiger partial charge is 0.0897 e. The highest BCUT2D eigenvalue weighted by atomic mass is 32.1. The van der Waals surface area contributed by atoms with Crippen LogP contribution in [0.4, 0.5) is 0 Å². The Morgan fingerprint density at radius 3 is 2.87 bits per heavy atom. The second-order valence-electron chi connectivity index (χ2n) is 4.49. The molecule has 0 unspecified atom stereocenters. The number of rotatable bonds is 4. The van der Waals surface area contributed by atoms with E-state index in [-0.39, 0.29) is 0 Å². The van der Waals surface area contributed by atoms with Crippen molar-refractivity contribution in [2.24, 2.45) is 5.92 Å². The zero-order valence-corrected chi connectivity index (χ0v) is 10.3. The summed E-state index contributed by atoms with van der Waals surface area (Å²) in [5.74, 6) is 0.915. The van der Waals surface area contributed by atoms with E-state index in [1.54, 1.807) is 11.3 Å². The number of hydrogen-bond donors (Lipinski definition) is 1. The van der Waals surface area contributed by atoms with Gasteiger partial charge in [0, 0.05) is 11.9 Å². The van der Waals surface area contributed by atoms with E-state index in [2.05, 4.69) is 22.6 Å². The largest absolute Gasteiger partial charge is 0.311 e. The van der Waals surface area contributed by atoms with Gasteiger partial charge >= 0.3 is 0 Å². The summed E-state index contributed by atoms with van der Waals surface area (Å²) in [5.41, 5.74) is 1.20. The fraction of sp³-hybridized carbons (Fsp3) is 0.750. The van der Waals surface area contributed by atoms with Crippen molar-refractivity contribution in [2.45, 2.75) is 45.6 Å². The van der Waals surface area contributed by atoms with Crippen molar-refractivity contribution in [2.75, 3.05) is 6.54 Å². The molecule has 0 atom stereocenters. The molecule has 1 fully saturated rings. The van der Waals surface area contributed by atoms with Crippen LogP contribution in [0.5, 0.6) is 0 Å². The zero-order valence-electron chi connectivity index (χ0n) is 9.46. The Morgan fingerprint density at radius 1 is 1.40 bits per heavy atom. The molecule has 1 aromatic rings. The second kappa shape index (κ2) is 5.61. The summed E-state index contributed by atoms with van der Waals surface area (Å²) in [4.78, 5) is 4.45. The van der Waals surface area contributed by atoms with Crippen LogP contribution >= 0.6 is 11.3 Å². The first-order valence-corrected chi connectivity index (χ1v) is 6.84. The SMILES string of the molecule is Cc1nc(CNCC2CCCCC2)cs1. The van der Waals surface area contributed by atoms with Crippen LogP contribution in [0.15, 0.2) is 5.38 Å². The fourth-order valence-electron chi connectivity index (χ4n) is 2.29. The normalized spacial score (nSPS) is 18.2. The van der Waals surface area contributed by atoms with Gasteiger partial charge in [0.15, 0.2) is 0 Å². The van der Waals surface area contributed by atoms with Crippen LogP contribution in [0.1, 0.15) is 42.8 Å². The molecule has 84 valence electrons. The van der Waals surface area contributed by atoms with Crippen LogP contribution in [0.25, 0.3) is 0 Å². The summed E-state index contributed by atoms with van der Waals surface area (Å²) >= 11 is 1.74. The average molecular weight is 224 g/mol. The molecule has 0 aromatic carbocycles. The Bertz CT molecular complexity index is 290. The summed E-state index contributed by atoms with van der Waals surface area (Å²) in [5, 5.41) is 6.86. The van der Waals surface area contributed by atoms with Crippen LogP contribution in [-0.4, -0.2) is 11.5 Å². The zero-order chi connectivity index (χ0) is 10.5. The molecule has 15 heavy (non-hydrogen) atoms. The first-order valence-electron chi connectivity index (χ1n) is 5.96. The number of aryl methyl sites for hydroxylation is 1. The standard InChI is InChI=1S/C12H20N2S/c1-10-14-12(9-15-10)8-13-7-11-5-3-2-4-6-11/h9,11,13H,2-8H2,1H3. The van der Waals surface area contributed by atoms with Crippen molar-refractivity contribution in [3.8, 4) is 0 Å². The predicted octanol–water partition coefficient (Wildman–Crippen LogP) is 3.12. The van der Waals surface area contributed by atoms with E-state index in [1.807, 2.05) is 0 Å². The third kappa shape index (κ3) is 3.58. The number of aromatic nitrogens is 1. The lowest BCUT2D eigenvalue weighted by molar-refractivity contribution is 0.341. The molecule has 0 aliphatic heterocycles. The topological polar surface area (TPSA) is 24.9 Å². The van der Waals surface area contributed by atoms with Crippen LogP contribution in [0.2, 0.25) is 0 Å². The lowest BCUT2D eigenvalue weighted by Gasteiger charge is -2.21. The maximum Gasteiger partial charge on any atom is 0.0897 e. The number of nitrogens with zero attached hydrogens (tertiary/aromatic N) is 1. The second-order valence-corrected chi connectivity index (χ2v) is 5.56. The Kier molecular flexibility index (Phi) is 4.15. The Labute approximate surface area is 96.1 Å². The molecule has 2 rings (SSSR count). The lowest BCUT2D eigenvalue weighted by Crippen LogP contribution is -2.24. The van der Waals surface area contributed by atoms with Crippen molar-refractivity contribution in [1.29, 1.82) is 0 Å². The minimum absolute atomic E-state index is 0.915. The van der Waals surface area contributed by atoms with E-state index in [9.17, 15) is 0 Å². The van der Waals surface area contributed by atoms with Crippen molar-refractivity contribution >= 4 is 11.3 Å². The van der Waals surface area contributed by atoms with Crippen LogP contribution < -0.4 is 5.32 Å². The molecule has 1 aliphatic rings. The molecule has 1 aliphatic carbocycles. The first kappa shape index (κ1) is 11.1. The fourth-order valence-corrected chi connectivity index (χ4v) is 2.90. The van der Waals surface area contributed by atoms with Gasteiger partial charge in [0.1, 0.15) is 0 Å². The van der Waals surface area contributed by atoms with Crippen molar-refractivity contribution in [1.82, 2.24) is 10.3 Å². The Hall–Kier alpha value is -0.410. The predicted molar refractivity (Wildman–Crippen MR) is 65.1 cm³/mol. The van der Waals surface area contributed by atoms with Crippen LogP contribution in [0.3, 0.4) is 0 Å². The molecule has 1 heterocycles. The van der Waals surface area contributed by atoms with Gasteiger partial charge in [0.25, 0.3) is 0 Å². The molecule has 0 amide bonds. The molecular weight excluding hydrogens is 204 g/mol. The van der Waals surface area contributed by atoms with E-state index >= 15 is 0 Å². The van der Waals surface area contributed by atoms with Crippen LogP contribution in [0, 0.1) is 12.8 Å². The van der Waals surface area contributed by atoms with Gasteiger partial charge in [-0.3, -0.25) is 0 Å². The van der Waals surface area contributed by atoms with E-state index in [4.69, 9.17) is 0 Å². The number of hydrogen-bond acceptors (Lipinski definition) is 3. The highest BCUT2D eigenvalue weighted by Crippen LogP contribution is 2.22. The average Bonchev–Trinajstić information content (AvgIpc) is 2.66. The summed E-state index contributed by atoms with van der Waals surface area (Å²) < 4.78 is 0. The van der Waals surface area contributed by atoms with Gasteiger partial charge in [-0.2, -0.15) is 0 Å². The first-order chi connectivity index (χ1) is 7.34. The summed E-state index contributed by atoms with van der Waals surface area (Å²) in [6, 6.07) is 0. The molecule has 3 heteroatoms. The molecule has 0 bridgehead atoms. The monoisotopic (exact) mass is 224 g/mol. The molecule has 0 spiro atoms. The molecule has 1 N–H and O–H groups in total. The molecular formula is C12H20N2S. The van der Waals surface area contributed by atoms with E-state index in [1.165, 1.54) is 49.4 Å². The molecule has 0 saturated heterocycles.